The Morgan fingerprint density at radius 1 is 1.08 bits per heavy atom. The molecule has 0 aromatic heterocycles. The molecule has 0 spiro atoms. The normalized spacial score (nSPS) is 16.5. The van der Waals surface area contributed by atoms with Crippen LogP contribution < -0.4 is 15.8 Å². The number of esters is 1. The van der Waals surface area contributed by atoms with Gasteiger partial charge in [0.1, 0.15) is 18.4 Å². The van der Waals surface area contributed by atoms with Crippen LogP contribution in [0.15, 0.2) is 42.5 Å². The van der Waals surface area contributed by atoms with Crippen molar-refractivity contribution in [1.29, 1.82) is 0 Å². The van der Waals surface area contributed by atoms with Crippen molar-refractivity contribution >= 4 is 17.8 Å². The number of hydrogen-bond donors (Lipinski definition) is 2. The monoisotopic (exact) mass is 493 g/mol. The molecule has 1 aliphatic heterocycles. The van der Waals surface area contributed by atoms with Crippen LogP contribution in [0.1, 0.15) is 72.0 Å². The van der Waals surface area contributed by atoms with Crippen molar-refractivity contribution < 1.29 is 23.9 Å². The average Bonchev–Trinajstić information content (AvgIpc) is 3.23. The first kappa shape index (κ1) is 25.7. The summed E-state index contributed by atoms with van der Waals surface area (Å²) >= 11 is 0. The average molecular weight is 494 g/mol. The van der Waals surface area contributed by atoms with E-state index in [2.05, 4.69) is 34.3 Å². The number of nitrogens with two attached hydrogens (primary N) is 1. The summed E-state index contributed by atoms with van der Waals surface area (Å²) in [6.07, 6.45) is 6.62. The minimum Gasteiger partial charge on any atom is -0.489 e. The number of ether oxygens (including phenoxy) is 2. The Kier molecular flexibility index (Phi) is 8.59. The number of methoxy groups -OCH3 is 1. The quantitative estimate of drug-likeness (QED) is 0.464. The molecule has 8 heteroatoms. The molecule has 0 saturated heterocycles. The van der Waals surface area contributed by atoms with Crippen LogP contribution >= 0.6 is 0 Å². The second-order valence-electron chi connectivity index (χ2n) is 9.57. The van der Waals surface area contributed by atoms with Gasteiger partial charge in [0, 0.05) is 30.1 Å². The Morgan fingerprint density at radius 3 is 2.50 bits per heavy atom. The van der Waals surface area contributed by atoms with Crippen LogP contribution in [0.4, 0.5) is 0 Å². The van der Waals surface area contributed by atoms with E-state index in [-0.39, 0.29) is 25.3 Å². The molecule has 0 bridgehead atoms. The predicted octanol–water partition coefficient (Wildman–Crippen LogP) is 3.45. The van der Waals surface area contributed by atoms with Crippen LogP contribution in [0.25, 0.3) is 0 Å². The van der Waals surface area contributed by atoms with Gasteiger partial charge in [0.2, 0.25) is 5.91 Å². The number of carbonyl (C=O) groups is 3. The summed E-state index contributed by atoms with van der Waals surface area (Å²) in [4.78, 5) is 38.1. The van der Waals surface area contributed by atoms with Gasteiger partial charge in [0.25, 0.3) is 5.91 Å². The van der Waals surface area contributed by atoms with Crippen LogP contribution in [-0.4, -0.2) is 41.9 Å². The number of amides is 2. The first-order chi connectivity index (χ1) is 17.5. The van der Waals surface area contributed by atoms with E-state index < -0.39 is 17.9 Å². The van der Waals surface area contributed by atoms with Crippen molar-refractivity contribution in [3.63, 3.8) is 0 Å². The summed E-state index contributed by atoms with van der Waals surface area (Å²) in [5.74, 6) is -0.799. The number of benzene rings is 2. The van der Waals surface area contributed by atoms with Crippen molar-refractivity contribution in [1.82, 2.24) is 10.2 Å². The van der Waals surface area contributed by atoms with Crippen molar-refractivity contribution in [3.8, 4) is 5.75 Å². The molecule has 1 fully saturated rings. The van der Waals surface area contributed by atoms with Gasteiger partial charge in [0.05, 0.1) is 13.7 Å². The lowest BCUT2D eigenvalue weighted by Gasteiger charge is -2.24. The van der Waals surface area contributed by atoms with Gasteiger partial charge in [-0.15, -0.1) is 0 Å². The van der Waals surface area contributed by atoms with Crippen LogP contribution in [0, 0.1) is 0 Å². The fourth-order valence-corrected chi connectivity index (χ4v) is 5.00. The summed E-state index contributed by atoms with van der Waals surface area (Å²) in [5, 5.41) is 3.66. The Labute approximate surface area is 212 Å². The van der Waals surface area contributed by atoms with Gasteiger partial charge < -0.3 is 25.4 Å². The third kappa shape index (κ3) is 6.23. The molecule has 1 unspecified atom stereocenters. The van der Waals surface area contributed by atoms with Gasteiger partial charge in [-0.25, -0.2) is 0 Å². The van der Waals surface area contributed by atoms with E-state index in [0.29, 0.717) is 24.0 Å². The predicted molar refractivity (Wildman–Crippen MR) is 135 cm³/mol. The van der Waals surface area contributed by atoms with Gasteiger partial charge >= 0.3 is 5.97 Å². The van der Waals surface area contributed by atoms with Gasteiger partial charge in [0.15, 0.2) is 0 Å². The molecule has 1 atom stereocenters. The SMILES string of the molecule is COC(=O)CCC(C(N)=O)N1Cc2c(OCc3ccc(CNC4CCCCC4)cc3)cccc2C1=O. The Morgan fingerprint density at radius 2 is 1.81 bits per heavy atom. The molecule has 2 aliphatic rings. The highest BCUT2D eigenvalue weighted by atomic mass is 16.5. The lowest BCUT2D eigenvalue weighted by molar-refractivity contribution is -0.141. The van der Waals surface area contributed by atoms with E-state index in [1.807, 2.05) is 6.07 Å². The fourth-order valence-electron chi connectivity index (χ4n) is 5.00. The molecule has 8 nitrogen and oxygen atoms in total. The van der Waals surface area contributed by atoms with Crippen LogP contribution in [0.5, 0.6) is 5.75 Å². The van der Waals surface area contributed by atoms with E-state index in [9.17, 15) is 14.4 Å². The summed E-state index contributed by atoms with van der Waals surface area (Å²) in [5.41, 5.74) is 9.06. The Hall–Kier alpha value is -3.39. The van der Waals surface area contributed by atoms with Crippen molar-refractivity contribution in [2.24, 2.45) is 5.73 Å². The smallest absolute Gasteiger partial charge is 0.305 e. The highest BCUT2D eigenvalue weighted by Gasteiger charge is 2.37. The molecular formula is C28H35N3O5. The zero-order valence-electron chi connectivity index (χ0n) is 20.8. The van der Waals surface area contributed by atoms with Crippen LogP contribution in [-0.2, 0) is 34.0 Å². The highest BCUT2D eigenvalue weighted by molar-refractivity contribution is 6.01. The number of nitrogens with zero attached hydrogens (tertiary/aromatic N) is 1. The molecule has 1 heterocycles. The molecule has 0 radical (unpaired) electrons. The third-order valence-electron chi connectivity index (χ3n) is 7.12. The molecule has 2 aromatic rings. The number of hydrogen-bond acceptors (Lipinski definition) is 6. The van der Waals surface area contributed by atoms with Gasteiger partial charge in [-0.3, -0.25) is 14.4 Å². The number of carbonyl (C=O) groups excluding carboxylic acids is 3. The zero-order valence-corrected chi connectivity index (χ0v) is 20.8. The summed E-state index contributed by atoms with van der Waals surface area (Å²) in [7, 11) is 1.28. The van der Waals surface area contributed by atoms with Gasteiger partial charge in [-0.1, -0.05) is 49.6 Å². The van der Waals surface area contributed by atoms with E-state index in [4.69, 9.17) is 10.5 Å². The maximum absolute atomic E-state index is 13.0. The topological polar surface area (TPSA) is 111 Å². The maximum atomic E-state index is 13.0. The Balaban J connectivity index is 1.36. The maximum Gasteiger partial charge on any atom is 0.305 e. The highest BCUT2D eigenvalue weighted by Crippen LogP contribution is 2.33. The van der Waals surface area contributed by atoms with Crippen molar-refractivity contribution in [3.05, 3.63) is 64.7 Å². The van der Waals surface area contributed by atoms with Gasteiger partial charge in [-0.05, 0) is 42.5 Å². The lowest BCUT2D eigenvalue weighted by atomic mass is 9.95. The first-order valence-corrected chi connectivity index (χ1v) is 12.7. The second kappa shape index (κ2) is 12.0. The van der Waals surface area contributed by atoms with E-state index in [1.165, 1.54) is 49.7 Å². The summed E-state index contributed by atoms with van der Waals surface area (Å²) in [6, 6.07) is 13.4. The third-order valence-corrected chi connectivity index (χ3v) is 7.12. The lowest BCUT2D eigenvalue weighted by Crippen LogP contribution is -2.45. The van der Waals surface area contributed by atoms with Crippen molar-refractivity contribution in [2.75, 3.05) is 7.11 Å². The molecule has 36 heavy (non-hydrogen) atoms. The number of rotatable bonds is 11. The van der Waals surface area contributed by atoms with Crippen molar-refractivity contribution in [2.45, 2.75) is 76.7 Å². The summed E-state index contributed by atoms with van der Waals surface area (Å²) < 4.78 is 10.8. The minimum atomic E-state index is -0.897. The molecular weight excluding hydrogens is 458 g/mol. The Bertz CT molecular complexity index is 1080. The first-order valence-electron chi connectivity index (χ1n) is 12.7. The number of nitrogens with one attached hydrogen (secondary N) is 1. The standard InChI is InChI=1S/C28H35N3O5/c1-35-26(32)15-14-24(27(29)33)31-17-23-22(28(31)34)8-5-9-25(23)36-18-20-12-10-19(11-13-20)16-30-21-6-3-2-4-7-21/h5,8-13,21,24,30H,2-4,6-7,14-18H2,1H3,(H2,29,33). The second-order valence-corrected chi connectivity index (χ2v) is 9.57. The number of fused-ring (bicyclic) bond motifs is 1. The van der Waals surface area contributed by atoms with E-state index >= 15 is 0 Å². The van der Waals surface area contributed by atoms with E-state index in [0.717, 1.165) is 17.7 Å². The molecule has 4 rings (SSSR count). The minimum absolute atomic E-state index is 0.000237. The zero-order chi connectivity index (χ0) is 25.5. The van der Waals surface area contributed by atoms with Crippen LogP contribution in [0.2, 0.25) is 0 Å². The molecule has 192 valence electrons. The fraction of sp³-hybridized carbons (Fsp3) is 0.464. The molecule has 2 amide bonds. The van der Waals surface area contributed by atoms with Crippen LogP contribution in [0.3, 0.4) is 0 Å². The van der Waals surface area contributed by atoms with E-state index in [1.54, 1.807) is 12.1 Å². The molecule has 1 aliphatic carbocycles. The molecule has 3 N–H and O–H groups in total. The largest absolute Gasteiger partial charge is 0.489 e. The number of primary amides is 1. The molecule has 1 saturated carbocycles. The molecule has 2 aromatic carbocycles. The summed E-state index contributed by atoms with van der Waals surface area (Å²) in [6.45, 7) is 1.43. The van der Waals surface area contributed by atoms with Gasteiger partial charge in [-0.2, -0.15) is 0 Å².